The number of morpholine rings is 1. The molecule has 186 valence electrons. The number of nitrogen functional groups attached to an aromatic ring is 2. The van der Waals surface area contributed by atoms with Crippen LogP contribution in [0.1, 0.15) is 51.3 Å². The Hall–Kier alpha value is -3.90. The molecule has 0 spiro atoms. The van der Waals surface area contributed by atoms with Crippen LogP contribution in [-0.4, -0.2) is 36.2 Å². The van der Waals surface area contributed by atoms with Gasteiger partial charge in [0.25, 0.3) is 0 Å². The zero-order valence-electron chi connectivity index (χ0n) is 21.3. The number of anilines is 5. The minimum atomic E-state index is -0.127. The van der Waals surface area contributed by atoms with Crippen LogP contribution in [0.3, 0.4) is 0 Å². The summed E-state index contributed by atoms with van der Waals surface area (Å²) in [5.74, 6) is 1.43. The van der Waals surface area contributed by atoms with Gasteiger partial charge in [-0.1, -0.05) is 32.9 Å². The Morgan fingerprint density at radius 3 is 2.33 bits per heavy atom. The number of carbonyl (C=O) groups excluding carboxylic acids is 1. The number of H-pyrrole nitrogens is 1. The number of amides is 1. The highest BCUT2D eigenvalue weighted by Gasteiger charge is 2.37. The zero-order valence-corrected chi connectivity index (χ0v) is 21.3. The van der Waals surface area contributed by atoms with Crippen molar-refractivity contribution in [2.24, 2.45) is 0 Å². The lowest BCUT2D eigenvalue weighted by atomic mass is 9.87. The largest absolute Gasteiger partial charge is 0.383 e. The van der Waals surface area contributed by atoms with Crippen LogP contribution < -0.4 is 26.3 Å². The van der Waals surface area contributed by atoms with Gasteiger partial charge in [0.15, 0.2) is 0 Å². The molecule has 36 heavy (non-hydrogen) atoms. The summed E-state index contributed by atoms with van der Waals surface area (Å²) in [5, 5.41) is 11.4. The van der Waals surface area contributed by atoms with Crippen LogP contribution in [0, 0.1) is 11.3 Å². The molecule has 1 aromatic carbocycles. The minimum Gasteiger partial charge on any atom is -0.383 e. The lowest BCUT2D eigenvalue weighted by Gasteiger charge is -2.33. The molecule has 1 fully saturated rings. The summed E-state index contributed by atoms with van der Waals surface area (Å²) in [6.07, 6.45) is 0.0899. The molecule has 9 nitrogen and oxygen atoms in total. The molecule has 9 heteroatoms. The van der Waals surface area contributed by atoms with Crippen molar-refractivity contribution in [2.75, 3.05) is 34.4 Å². The molecular weight excluding hydrogens is 454 g/mol. The van der Waals surface area contributed by atoms with Crippen molar-refractivity contribution in [1.29, 1.82) is 5.26 Å². The van der Waals surface area contributed by atoms with Gasteiger partial charge in [0, 0.05) is 10.9 Å². The number of rotatable bonds is 2. The number of hydrogen-bond acceptors (Lipinski definition) is 7. The molecule has 2 aromatic heterocycles. The monoisotopic (exact) mass is 486 g/mol. The number of fused-ring (bicyclic) bond motifs is 3. The lowest BCUT2D eigenvalue weighted by molar-refractivity contribution is -0.345. The summed E-state index contributed by atoms with van der Waals surface area (Å²) >= 11 is 0. The van der Waals surface area contributed by atoms with E-state index in [1.807, 2.05) is 38.1 Å². The van der Waals surface area contributed by atoms with Gasteiger partial charge >= 0.3 is 0 Å². The van der Waals surface area contributed by atoms with Crippen LogP contribution in [-0.2, 0) is 21.4 Å². The van der Waals surface area contributed by atoms with Gasteiger partial charge in [-0.05, 0) is 37.0 Å². The molecular formula is C27H32N7O2+. The van der Waals surface area contributed by atoms with Gasteiger partial charge in [-0.25, -0.2) is 9.97 Å². The average Bonchev–Trinajstić information content (AvgIpc) is 3.13. The number of benzene rings is 1. The van der Waals surface area contributed by atoms with E-state index >= 15 is 0 Å². The molecule has 2 aliphatic heterocycles. The van der Waals surface area contributed by atoms with Crippen LogP contribution >= 0.6 is 0 Å². The summed E-state index contributed by atoms with van der Waals surface area (Å²) in [6, 6.07) is 10.3. The van der Waals surface area contributed by atoms with Gasteiger partial charge in [-0.15, -0.1) is 0 Å². The number of nitrogens with zero attached hydrogens (tertiary/aromatic N) is 4. The number of nitriles is 1. The average molecular weight is 487 g/mol. The van der Waals surface area contributed by atoms with E-state index < -0.39 is 0 Å². The fraction of sp³-hybridized carbons (Fsp3) is 0.407. The zero-order chi connectivity index (χ0) is 25.9. The number of pyridine rings is 2. The van der Waals surface area contributed by atoms with Crippen molar-refractivity contribution in [3.05, 3.63) is 41.0 Å². The molecule has 0 bridgehead atoms. The van der Waals surface area contributed by atoms with Crippen molar-refractivity contribution >= 4 is 45.6 Å². The highest BCUT2D eigenvalue weighted by atomic mass is 16.5. The SMILES string of the molecule is C[C@H]1CN(c2[nH+]c(N)c3c(N)nc4c(c3c2C#N)CC(=O)N4c2ccc(C(C)(C)C)cc2)C[C@H](C)O1. The molecule has 4 heterocycles. The Labute approximate surface area is 210 Å². The molecule has 1 saturated heterocycles. The summed E-state index contributed by atoms with van der Waals surface area (Å²) < 4.78 is 5.88. The molecule has 2 atom stereocenters. The van der Waals surface area contributed by atoms with Crippen LogP contribution in [0.4, 0.5) is 29.0 Å². The highest BCUT2D eigenvalue weighted by molar-refractivity contribution is 6.15. The van der Waals surface area contributed by atoms with E-state index in [0.717, 1.165) is 5.56 Å². The van der Waals surface area contributed by atoms with E-state index in [1.165, 1.54) is 0 Å². The summed E-state index contributed by atoms with van der Waals surface area (Å²) in [7, 11) is 0. The van der Waals surface area contributed by atoms with E-state index in [2.05, 4.69) is 41.7 Å². The lowest BCUT2D eigenvalue weighted by Crippen LogP contribution is -2.48. The van der Waals surface area contributed by atoms with Crippen molar-refractivity contribution < 1.29 is 14.5 Å². The summed E-state index contributed by atoms with van der Waals surface area (Å²) in [6.45, 7) is 11.6. The Morgan fingerprint density at radius 1 is 1.11 bits per heavy atom. The highest BCUT2D eigenvalue weighted by Crippen LogP contribution is 2.43. The first kappa shape index (κ1) is 23.8. The van der Waals surface area contributed by atoms with Gasteiger partial charge in [0.2, 0.25) is 17.5 Å². The normalized spacial score (nSPS) is 20.1. The second-order valence-electron chi connectivity index (χ2n) is 10.8. The summed E-state index contributed by atoms with van der Waals surface area (Å²) in [5.41, 5.74) is 15.8. The number of nitrogens with one attached hydrogen (secondary N) is 1. The molecule has 1 amide bonds. The Bertz CT molecular complexity index is 1410. The molecule has 2 aliphatic rings. The Balaban J connectivity index is 1.70. The molecule has 0 unspecified atom stereocenters. The molecule has 3 aromatic rings. The van der Waals surface area contributed by atoms with E-state index in [1.54, 1.807) is 4.90 Å². The minimum absolute atomic E-state index is 0.00743. The third-order valence-electron chi connectivity index (χ3n) is 6.94. The van der Waals surface area contributed by atoms with Crippen molar-refractivity contribution in [3.8, 4) is 6.07 Å². The maximum absolute atomic E-state index is 13.3. The predicted octanol–water partition coefficient (Wildman–Crippen LogP) is 3.22. The second kappa shape index (κ2) is 8.35. The maximum atomic E-state index is 13.3. The number of aromatic amines is 1. The first-order valence-electron chi connectivity index (χ1n) is 12.2. The van der Waals surface area contributed by atoms with Crippen LogP contribution in [0.15, 0.2) is 24.3 Å². The number of nitrogens with two attached hydrogens (primary N) is 2. The topological polar surface area (TPSA) is 136 Å². The van der Waals surface area contributed by atoms with E-state index in [4.69, 9.17) is 16.2 Å². The Morgan fingerprint density at radius 2 is 1.75 bits per heavy atom. The van der Waals surface area contributed by atoms with E-state index in [-0.39, 0.29) is 35.8 Å². The third kappa shape index (κ3) is 3.78. The predicted molar refractivity (Wildman–Crippen MR) is 140 cm³/mol. The standard InChI is InChI=1S/C27H31N7O2/c1-14-12-33(13-15(2)36-14)25-19(11-28)21-18-10-20(35)34(17-8-6-16(7-9-17)27(3,4)5)26(18)32-24(30)22(21)23(29)31-25/h6-9,14-15H,10,12-13H2,1-5H3,(H2,29,31)(H2,30,32)/p+1/t14-,15-/m0/s1. The summed E-state index contributed by atoms with van der Waals surface area (Å²) in [4.78, 5) is 24.8. The van der Waals surface area contributed by atoms with E-state index in [9.17, 15) is 10.1 Å². The van der Waals surface area contributed by atoms with Crippen LogP contribution in [0.5, 0.6) is 0 Å². The maximum Gasteiger partial charge on any atom is 0.240 e. The first-order chi connectivity index (χ1) is 17.0. The fourth-order valence-electron chi connectivity index (χ4n) is 5.33. The van der Waals surface area contributed by atoms with Gasteiger partial charge in [-0.3, -0.25) is 14.6 Å². The van der Waals surface area contributed by atoms with E-state index in [0.29, 0.717) is 58.1 Å². The smallest absolute Gasteiger partial charge is 0.240 e. The van der Waals surface area contributed by atoms with Crippen molar-refractivity contribution in [3.63, 3.8) is 0 Å². The number of hydrogen-bond donors (Lipinski definition) is 2. The van der Waals surface area contributed by atoms with Crippen molar-refractivity contribution in [2.45, 2.75) is 58.7 Å². The first-order valence-corrected chi connectivity index (χ1v) is 12.2. The quantitative estimate of drug-likeness (QED) is 0.568. The van der Waals surface area contributed by atoms with Gasteiger partial charge < -0.3 is 16.2 Å². The molecule has 5 N–H and O–H groups in total. The van der Waals surface area contributed by atoms with Gasteiger partial charge in [0.1, 0.15) is 23.3 Å². The Kier molecular flexibility index (Phi) is 5.52. The van der Waals surface area contributed by atoms with Gasteiger partial charge in [0.05, 0.1) is 42.8 Å². The molecule has 0 saturated carbocycles. The number of ether oxygens (including phenoxy) is 1. The second-order valence-corrected chi connectivity index (χ2v) is 10.8. The third-order valence-corrected chi connectivity index (χ3v) is 6.94. The molecule has 0 radical (unpaired) electrons. The fourth-order valence-corrected chi connectivity index (χ4v) is 5.33. The molecule has 0 aliphatic carbocycles. The van der Waals surface area contributed by atoms with Crippen LogP contribution in [0.2, 0.25) is 0 Å². The number of carbonyl (C=O) groups is 1. The van der Waals surface area contributed by atoms with Crippen LogP contribution in [0.25, 0.3) is 10.8 Å². The van der Waals surface area contributed by atoms with Gasteiger partial charge in [-0.2, -0.15) is 5.26 Å². The van der Waals surface area contributed by atoms with Crippen molar-refractivity contribution in [1.82, 2.24) is 4.98 Å². The number of aromatic nitrogens is 2. The molecule has 5 rings (SSSR count).